The molecule has 10 nitrogen and oxygen atoms in total. The van der Waals surface area contributed by atoms with Crippen LogP contribution in [-0.2, 0) is 33.6 Å². The number of nitrogens with zero attached hydrogens (tertiary/aromatic N) is 1. The number of carbonyl (C=O) groups excluding carboxylic acids is 3. The lowest BCUT2D eigenvalue weighted by Crippen LogP contribution is -2.75. The molecule has 2 aliphatic rings. The van der Waals surface area contributed by atoms with Crippen LogP contribution in [0, 0.1) is 0 Å². The Kier molecular flexibility index (Phi) is 7.12. The average molecular weight is 449 g/mol. The van der Waals surface area contributed by atoms with Gasteiger partial charge >= 0.3 is 12.1 Å². The molecule has 1 saturated heterocycles. The van der Waals surface area contributed by atoms with E-state index in [1.807, 2.05) is 0 Å². The minimum Gasteiger partial charge on any atom is -0.461 e. The Bertz CT molecular complexity index is 818. The maximum atomic E-state index is 12.7. The smallest absolute Gasteiger partial charge is 0.407 e. The lowest BCUT2D eigenvalue weighted by molar-refractivity contribution is -0.151. The molecule has 0 aliphatic carbocycles. The Morgan fingerprint density at radius 3 is 2.45 bits per heavy atom. The van der Waals surface area contributed by atoms with E-state index >= 15 is 0 Å². The molecule has 0 aromatic heterocycles. The van der Waals surface area contributed by atoms with Crippen LogP contribution in [0.5, 0.6) is 0 Å². The quantitative estimate of drug-likeness (QED) is 0.323. The number of nitrogens with one attached hydrogen (secondary N) is 1. The zero-order chi connectivity index (χ0) is 22.0. The van der Waals surface area contributed by atoms with Crippen LogP contribution >= 0.6 is 0 Å². The molecule has 0 radical (unpaired) electrons. The molecule has 2 rings (SSSR count). The van der Waals surface area contributed by atoms with E-state index in [1.165, 1.54) is 7.11 Å². The van der Waals surface area contributed by atoms with Crippen molar-refractivity contribution < 1.29 is 37.0 Å². The fraction of sp³-hybridized carbons (Fsp3) is 0.706. The molecular weight excluding hydrogens is 420 g/mol. The minimum atomic E-state index is -3.85. The first-order valence-electron chi connectivity index (χ1n) is 9.29. The fourth-order valence-electron chi connectivity index (χ4n) is 3.11. The number of fused-ring (bicyclic) bond motifs is 1. The molecule has 0 aromatic carbocycles. The van der Waals surface area contributed by atoms with Crippen molar-refractivity contribution in [2.24, 2.45) is 0 Å². The van der Waals surface area contributed by atoms with Crippen molar-refractivity contribution in [2.45, 2.75) is 44.0 Å². The molecule has 0 spiro atoms. The van der Waals surface area contributed by atoms with E-state index in [2.05, 4.69) is 25.0 Å². The number of β-lactam (4-membered cyclic amide) rings is 1. The number of methoxy groups -OCH3 is 1. The number of hydrogen-bond donors (Lipinski definition) is 1. The standard InChI is InChI=1S/C17H28N2O8SSi/c1-6-26-17(22)18-12-14(20)19-13(16(21)27-7-8-29(3,4)5)11(9-25-2)10-28(23,24)15(12)19/h12,15H,6-10H2,1-5H3,(H,18,22)/t12-,15+/m1/s1. The van der Waals surface area contributed by atoms with Crippen LogP contribution in [0.15, 0.2) is 11.3 Å². The molecule has 0 bridgehead atoms. The molecule has 2 aliphatic heterocycles. The largest absolute Gasteiger partial charge is 0.461 e. The summed E-state index contributed by atoms with van der Waals surface area (Å²) in [4.78, 5) is 37.9. The van der Waals surface area contributed by atoms with Crippen LogP contribution in [0.2, 0.25) is 25.7 Å². The summed E-state index contributed by atoms with van der Waals surface area (Å²) >= 11 is 0. The van der Waals surface area contributed by atoms with E-state index in [-0.39, 0.29) is 31.1 Å². The zero-order valence-electron chi connectivity index (χ0n) is 17.3. The summed E-state index contributed by atoms with van der Waals surface area (Å²) in [5, 5.41) is 0.884. The molecule has 12 heteroatoms. The molecule has 1 N–H and O–H groups in total. The maximum absolute atomic E-state index is 12.7. The third kappa shape index (κ3) is 5.17. The van der Waals surface area contributed by atoms with E-state index in [0.29, 0.717) is 0 Å². The molecule has 29 heavy (non-hydrogen) atoms. The predicted molar refractivity (Wildman–Crippen MR) is 106 cm³/mol. The van der Waals surface area contributed by atoms with E-state index in [9.17, 15) is 22.8 Å². The molecule has 2 atom stereocenters. The highest BCUT2D eigenvalue weighted by Gasteiger charge is 2.60. The minimum absolute atomic E-state index is 0.0699. The van der Waals surface area contributed by atoms with Crippen LogP contribution in [-0.4, -0.2) is 83.5 Å². The van der Waals surface area contributed by atoms with Crippen molar-refractivity contribution in [3.63, 3.8) is 0 Å². The van der Waals surface area contributed by atoms with Gasteiger partial charge in [-0.3, -0.25) is 9.69 Å². The van der Waals surface area contributed by atoms with Crippen LogP contribution in [0.3, 0.4) is 0 Å². The van der Waals surface area contributed by atoms with Gasteiger partial charge in [0.1, 0.15) is 11.7 Å². The van der Waals surface area contributed by atoms with Crippen molar-refractivity contribution in [3.8, 4) is 0 Å². The number of amides is 2. The molecule has 0 aromatic rings. The molecule has 164 valence electrons. The molecule has 2 amide bonds. The van der Waals surface area contributed by atoms with Gasteiger partial charge in [-0.05, 0) is 13.0 Å². The van der Waals surface area contributed by atoms with Crippen molar-refractivity contribution in [2.75, 3.05) is 32.7 Å². The molecule has 0 unspecified atom stereocenters. The summed E-state index contributed by atoms with van der Waals surface area (Å²) in [6.07, 6.45) is -0.897. The lowest BCUT2D eigenvalue weighted by atomic mass is 10.0. The van der Waals surface area contributed by atoms with Crippen molar-refractivity contribution in [1.29, 1.82) is 0 Å². The first-order valence-corrected chi connectivity index (χ1v) is 14.7. The number of hydrogen-bond acceptors (Lipinski definition) is 8. The van der Waals surface area contributed by atoms with Gasteiger partial charge in [0, 0.05) is 20.8 Å². The van der Waals surface area contributed by atoms with Gasteiger partial charge in [0.05, 0.1) is 25.6 Å². The summed E-state index contributed by atoms with van der Waals surface area (Å²) in [5.74, 6) is -1.94. The van der Waals surface area contributed by atoms with Gasteiger partial charge in [-0.1, -0.05) is 19.6 Å². The summed E-state index contributed by atoms with van der Waals surface area (Å²) in [6.45, 7) is 8.09. The first kappa shape index (κ1) is 23.4. The van der Waals surface area contributed by atoms with E-state index < -0.39 is 53.0 Å². The van der Waals surface area contributed by atoms with Crippen molar-refractivity contribution in [3.05, 3.63) is 11.3 Å². The Morgan fingerprint density at radius 2 is 1.90 bits per heavy atom. The molecule has 2 heterocycles. The Labute approximate surface area is 171 Å². The Hall–Kier alpha value is -1.92. The first-order chi connectivity index (χ1) is 13.4. The number of sulfone groups is 1. The predicted octanol–water partition coefficient (Wildman–Crippen LogP) is 0.480. The summed E-state index contributed by atoms with van der Waals surface area (Å²) in [6, 6.07) is -0.582. The van der Waals surface area contributed by atoms with Gasteiger partial charge in [0.25, 0.3) is 5.91 Å². The third-order valence-corrected chi connectivity index (χ3v) is 8.18. The van der Waals surface area contributed by atoms with Gasteiger partial charge in [-0.15, -0.1) is 0 Å². The average Bonchev–Trinajstić information content (AvgIpc) is 2.58. The summed E-state index contributed by atoms with van der Waals surface area (Å²) < 4.78 is 40.5. The number of carbonyl (C=O) groups is 3. The number of rotatable bonds is 8. The zero-order valence-corrected chi connectivity index (χ0v) is 19.1. The highest BCUT2D eigenvalue weighted by Crippen LogP contribution is 2.37. The van der Waals surface area contributed by atoms with Gasteiger partial charge in [-0.2, -0.15) is 0 Å². The fourth-order valence-corrected chi connectivity index (χ4v) is 5.84. The van der Waals surface area contributed by atoms with E-state index in [4.69, 9.17) is 14.2 Å². The Morgan fingerprint density at radius 1 is 1.24 bits per heavy atom. The molecule has 0 saturated carbocycles. The van der Waals surface area contributed by atoms with E-state index in [0.717, 1.165) is 10.9 Å². The summed E-state index contributed by atoms with van der Waals surface area (Å²) in [5.41, 5.74) is 0.0406. The highest BCUT2D eigenvalue weighted by atomic mass is 32.2. The van der Waals surface area contributed by atoms with Gasteiger partial charge in [-0.25, -0.2) is 18.0 Å². The SMILES string of the molecule is CCOC(=O)N[C@@H]1C(=O)N2C(C(=O)OCC[Si](C)(C)C)=C(COC)CS(=O)(=O)[C@@H]12. The van der Waals surface area contributed by atoms with Crippen LogP contribution in [0.1, 0.15) is 6.92 Å². The topological polar surface area (TPSA) is 128 Å². The summed E-state index contributed by atoms with van der Waals surface area (Å²) in [7, 11) is -3.94. The van der Waals surface area contributed by atoms with Crippen LogP contribution in [0.25, 0.3) is 0 Å². The molecule has 1 fully saturated rings. The molecular formula is C17H28N2O8SSi. The van der Waals surface area contributed by atoms with Crippen LogP contribution in [0.4, 0.5) is 4.79 Å². The highest BCUT2D eigenvalue weighted by molar-refractivity contribution is 7.92. The normalized spacial score (nSPS) is 23.2. The van der Waals surface area contributed by atoms with Gasteiger partial charge < -0.3 is 19.5 Å². The number of ether oxygens (including phenoxy) is 3. The third-order valence-electron chi connectivity index (χ3n) is 4.51. The number of alkyl carbamates (subject to hydrolysis) is 1. The van der Waals surface area contributed by atoms with Crippen molar-refractivity contribution >= 4 is 35.9 Å². The second-order valence-corrected chi connectivity index (χ2v) is 15.8. The van der Waals surface area contributed by atoms with Crippen LogP contribution < -0.4 is 5.32 Å². The Balaban J connectivity index is 2.29. The van der Waals surface area contributed by atoms with Crippen molar-refractivity contribution in [1.82, 2.24) is 10.2 Å². The van der Waals surface area contributed by atoms with Gasteiger partial charge in [0.2, 0.25) is 0 Å². The lowest BCUT2D eigenvalue weighted by Gasteiger charge is -2.49. The second-order valence-electron chi connectivity index (χ2n) is 8.08. The monoisotopic (exact) mass is 448 g/mol. The van der Waals surface area contributed by atoms with E-state index in [1.54, 1.807) is 6.92 Å². The number of esters is 1. The van der Waals surface area contributed by atoms with Gasteiger partial charge in [0.15, 0.2) is 15.2 Å². The second kappa shape index (κ2) is 8.84. The maximum Gasteiger partial charge on any atom is 0.407 e.